The molecule has 0 saturated heterocycles. The molecular weight excluding hydrogens is 221 g/mol. The Hall–Kier alpha value is -2.10. The summed E-state index contributed by atoms with van der Waals surface area (Å²) < 4.78 is 23.3. The standard InChI is InChI=1S/C13H12FNO2/c1-16-13-11(14)7-8-12(15-13)17-9-10-5-3-2-4-6-10/h2-8H,9H2,1H3. The second-order valence-electron chi connectivity index (χ2n) is 3.41. The van der Waals surface area contributed by atoms with Gasteiger partial charge in [-0.2, -0.15) is 4.98 Å². The Balaban J connectivity index is 2.04. The van der Waals surface area contributed by atoms with Crippen LogP contribution in [-0.2, 0) is 6.61 Å². The molecule has 2 aromatic rings. The Morgan fingerprint density at radius 2 is 1.88 bits per heavy atom. The van der Waals surface area contributed by atoms with Gasteiger partial charge in [0.1, 0.15) is 6.61 Å². The van der Waals surface area contributed by atoms with E-state index in [9.17, 15) is 4.39 Å². The molecule has 1 aromatic heterocycles. The molecule has 2 rings (SSSR count). The molecule has 0 spiro atoms. The zero-order chi connectivity index (χ0) is 12.1. The van der Waals surface area contributed by atoms with Crippen LogP contribution in [0, 0.1) is 5.82 Å². The minimum absolute atomic E-state index is 0.0597. The van der Waals surface area contributed by atoms with E-state index in [1.54, 1.807) is 0 Å². The van der Waals surface area contributed by atoms with Crippen LogP contribution in [0.15, 0.2) is 42.5 Å². The van der Waals surface area contributed by atoms with Crippen LogP contribution >= 0.6 is 0 Å². The van der Waals surface area contributed by atoms with Gasteiger partial charge in [-0.05, 0) is 11.6 Å². The summed E-state index contributed by atoms with van der Waals surface area (Å²) in [6.45, 7) is 0.391. The van der Waals surface area contributed by atoms with Crippen LogP contribution < -0.4 is 9.47 Å². The van der Waals surface area contributed by atoms with Gasteiger partial charge in [0, 0.05) is 6.07 Å². The molecule has 0 bridgehead atoms. The number of rotatable bonds is 4. The average molecular weight is 233 g/mol. The fourth-order valence-electron chi connectivity index (χ4n) is 1.36. The van der Waals surface area contributed by atoms with Crippen molar-refractivity contribution in [2.75, 3.05) is 7.11 Å². The molecule has 0 amide bonds. The third-order valence-corrected chi connectivity index (χ3v) is 2.21. The number of methoxy groups -OCH3 is 1. The summed E-state index contributed by atoms with van der Waals surface area (Å²) in [5, 5.41) is 0. The molecule has 0 aliphatic heterocycles. The number of hydrogen-bond acceptors (Lipinski definition) is 3. The van der Waals surface area contributed by atoms with Crippen molar-refractivity contribution in [3.05, 3.63) is 53.8 Å². The number of aromatic nitrogens is 1. The fraction of sp³-hybridized carbons (Fsp3) is 0.154. The van der Waals surface area contributed by atoms with Gasteiger partial charge in [0.2, 0.25) is 5.88 Å². The first-order chi connectivity index (χ1) is 8.29. The monoisotopic (exact) mass is 233 g/mol. The van der Waals surface area contributed by atoms with Crippen LogP contribution in [0.25, 0.3) is 0 Å². The van der Waals surface area contributed by atoms with Crippen LogP contribution in [-0.4, -0.2) is 12.1 Å². The van der Waals surface area contributed by atoms with Crippen molar-refractivity contribution < 1.29 is 13.9 Å². The van der Waals surface area contributed by atoms with Gasteiger partial charge in [0.15, 0.2) is 5.82 Å². The lowest BCUT2D eigenvalue weighted by Gasteiger charge is -2.07. The van der Waals surface area contributed by atoms with Gasteiger partial charge in [-0.1, -0.05) is 30.3 Å². The highest BCUT2D eigenvalue weighted by molar-refractivity contribution is 5.22. The predicted molar refractivity (Wildman–Crippen MR) is 61.5 cm³/mol. The second kappa shape index (κ2) is 5.30. The molecule has 4 heteroatoms. The summed E-state index contributed by atoms with van der Waals surface area (Å²) in [4.78, 5) is 3.89. The van der Waals surface area contributed by atoms with E-state index in [2.05, 4.69) is 4.98 Å². The first kappa shape index (κ1) is 11.4. The lowest BCUT2D eigenvalue weighted by atomic mass is 10.2. The zero-order valence-electron chi connectivity index (χ0n) is 9.39. The van der Waals surface area contributed by atoms with Crippen molar-refractivity contribution >= 4 is 0 Å². The van der Waals surface area contributed by atoms with Crippen LogP contribution in [0.3, 0.4) is 0 Å². The Kier molecular flexibility index (Phi) is 3.55. The largest absolute Gasteiger partial charge is 0.479 e. The van der Waals surface area contributed by atoms with E-state index < -0.39 is 5.82 Å². The lowest BCUT2D eigenvalue weighted by molar-refractivity contribution is 0.283. The van der Waals surface area contributed by atoms with E-state index in [1.165, 1.54) is 19.2 Å². The number of ether oxygens (including phenoxy) is 2. The molecule has 88 valence electrons. The summed E-state index contributed by atoms with van der Waals surface area (Å²) in [7, 11) is 1.37. The number of pyridine rings is 1. The van der Waals surface area contributed by atoms with Gasteiger partial charge in [-0.3, -0.25) is 0 Å². The van der Waals surface area contributed by atoms with Crippen molar-refractivity contribution in [3.8, 4) is 11.8 Å². The minimum atomic E-state index is -0.500. The molecule has 0 fully saturated rings. The highest BCUT2D eigenvalue weighted by Crippen LogP contribution is 2.18. The Bertz CT molecular complexity index is 488. The van der Waals surface area contributed by atoms with E-state index in [-0.39, 0.29) is 5.88 Å². The molecule has 17 heavy (non-hydrogen) atoms. The van der Waals surface area contributed by atoms with Crippen LogP contribution in [0.1, 0.15) is 5.56 Å². The Labute approximate surface area is 98.8 Å². The maximum Gasteiger partial charge on any atom is 0.253 e. The highest BCUT2D eigenvalue weighted by Gasteiger charge is 2.06. The van der Waals surface area contributed by atoms with Crippen LogP contribution in [0.5, 0.6) is 11.8 Å². The third kappa shape index (κ3) is 2.93. The number of hydrogen-bond donors (Lipinski definition) is 0. The molecule has 1 aromatic carbocycles. The van der Waals surface area contributed by atoms with E-state index in [4.69, 9.17) is 9.47 Å². The van der Waals surface area contributed by atoms with E-state index in [0.717, 1.165) is 5.56 Å². The molecule has 0 radical (unpaired) electrons. The molecule has 0 saturated carbocycles. The smallest absolute Gasteiger partial charge is 0.253 e. The molecule has 0 aliphatic rings. The molecule has 1 heterocycles. The van der Waals surface area contributed by atoms with Gasteiger partial charge >= 0.3 is 0 Å². The quantitative estimate of drug-likeness (QED) is 0.813. The first-order valence-electron chi connectivity index (χ1n) is 5.17. The summed E-state index contributed by atoms with van der Waals surface area (Å²) in [6, 6.07) is 12.4. The van der Waals surface area contributed by atoms with E-state index in [1.807, 2.05) is 30.3 Å². The molecule has 3 nitrogen and oxygen atoms in total. The van der Waals surface area contributed by atoms with Crippen molar-refractivity contribution in [2.24, 2.45) is 0 Å². The zero-order valence-corrected chi connectivity index (χ0v) is 9.39. The SMILES string of the molecule is COc1nc(OCc2ccccc2)ccc1F. The van der Waals surface area contributed by atoms with Gasteiger partial charge in [0.25, 0.3) is 5.88 Å². The topological polar surface area (TPSA) is 31.4 Å². The Morgan fingerprint density at radius 3 is 2.59 bits per heavy atom. The Morgan fingerprint density at radius 1 is 1.12 bits per heavy atom. The summed E-state index contributed by atoms with van der Waals surface area (Å²) in [5.41, 5.74) is 1.03. The molecule has 0 N–H and O–H groups in total. The second-order valence-corrected chi connectivity index (χ2v) is 3.41. The van der Waals surface area contributed by atoms with Crippen molar-refractivity contribution in [1.82, 2.24) is 4.98 Å². The summed E-state index contributed by atoms with van der Waals surface area (Å²) >= 11 is 0. The highest BCUT2D eigenvalue weighted by atomic mass is 19.1. The van der Waals surface area contributed by atoms with Gasteiger partial charge in [-0.25, -0.2) is 4.39 Å². The average Bonchev–Trinajstić information content (AvgIpc) is 2.39. The predicted octanol–water partition coefficient (Wildman–Crippen LogP) is 2.81. The number of nitrogens with zero attached hydrogens (tertiary/aromatic N) is 1. The van der Waals surface area contributed by atoms with Crippen molar-refractivity contribution in [3.63, 3.8) is 0 Å². The van der Waals surface area contributed by atoms with Gasteiger partial charge in [-0.15, -0.1) is 0 Å². The van der Waals surface area contributed by atoms with E-state index >= 15 is 0 Å². The van der Waals surface area contributed by atoms with Crippen LogP contribution in [0.4, 0.5) is 4.39 Å². The van der Waals surface area contributed by atoms with Crippen LogP contribution in [0.2, 0.25) is 0 Å². The lowest BCUT2D eigenvalue weighted by Crippen LogP contribution is -1.99. The molecule has 0 atom stereocenters. The third-order valence-electron chi connectivity index (χ3n) is 2.21. The summed E-state index contributed by atoms with van der Waals surface area (Å²) in [5.74, 6) is -0.220. The molecular formula is C13H12FNO2. The minimum Gasteiger partial charge on any atom is -0.479 e. The van der Waals surface area contributed by atoms with E-state index in [0.29, 0.717) is 12.5 Å². The number of halogens is 1. The maximum absolute atomic E-state index is 13.1. The van der Waals surface area contributed by atoms with Crippen molar-refractivity contribution in [2.45, 2.75) is 6.61 Å². The van der Waals surface area contributed by atoms with Gasteiger partial charge in [0.05, 0.1) is 7.11 Å². The summed E-state index contributed by atoms with van der Waals surface area (Å²) in [6.07, 6.45) is 0. The normalized spacial score (nSPS) is 10.0. The van der Waals surface area contributed by atoms with Crippen molar-refractivity contribution in [1.29, 1.82) is 0 Å². The molecule has 0 unspecified atom stereocenters. The number of benzene rings is 1. The maximum atomic E-state index is 13.1. The van der Waals surface area contributed by atoms with Gasteiger partial charge < -0.3 is 9.47 Å². The fourth-order valence-corrected chi connectivity index (χ4v) is 1.36. The molecule has 0 aliphatic carbocycles. The first-order valence-corrected chi connectivity index (χ1v) is 5.17.